The molecule has 102 valence electrons. The van der Waals surface area contributed by atoms with E-state index in [4.69, 9.17) is 5.73 Å². The molecule has 2 aliphatic rings. The molecular formula is C13H23N3O2. The molecule has 2 fully saturated rings. The van der Waals surface area contributed by atoms with Crippen molar-refractivity contribution >= 4 is 11.8 Å². The highest BCUT2D eigenvalue weighted by molar-refractivity contribution is 5.86. The van der Waals surface area contributed by atoms with Crippen molar-refractivity contribution in [2.75, 3.05) is 26.2 Å². The third kappa shape index (κ3) is 3.22. The van der Waals surface area contributed by atoms with Crippen molar-refractivity contribution in [3.8, 4) is 0 Å². The van der Waals surface area contributed by atoms with Crippen LogP contribution < -0.4 is 11.1 Å². The Morgan fingerprint density at radius 3 is 3.00 bits per heavy atom. The summed E-state index contributed by atoms with van der Waals surface area (Å²) in [6.45, 7) is 2.27. The average Bonchev–Trinajstić information content (AvgIpc) is 2.62. The fraction of sp³-hybridized carbons (Fsp3) is 0.846. The van der Waals surface area contributed by atoms with E-state index < -0.39 is 0 Å². The SMILES string of the molecule is NCC1CCCC(C(=O)N2CCCNC(=O)C2)C1. The third-order valence-electron chi connectivity index (χ3n) is 4.04. The topological polar surface area (TPSA) is 75.4 Å². The molecule has 2 amide bonds. The van der Waals surface area contributed by atoms with Gasteiger partial charge in [-0.25, -0.2) is 0 Å². The standard InChI is InChI=1S/C13H23N3O2/c14-8-10-3-1-4-11(7-10)13(18)16-6-2-5-15-12(17)9-16/h10-11H,1-9,14H2,(H,15,17). The maximum absolute atomic E-state index is 12.4. The Kier molecular flexibility index (Phi) is 4.58. The predicted octanol–water partition coefficient (Wildman–Crippen LogP) is 0.100. The van der Waals surface area contributed by atoms with Crippen molar-refractivity contribution < 1.29 is 9.59 Å². The van der Waals surface area contributed by atoms with Crippen LogP contribution >= 0.6 is 0 Å². The molecule has 3 N–H and O–H groups in total. The van der Waals surface area contributed by atoms with E-state index in [2.05, 4.69) is 5.32 Å². The smallest absolute Gasteiger partial charge is 0.239 e. The zero-order valence-corrected chi connectivity index (χ0v) is 10.9. The molecule has 1 saturated heterocycles. The lowest BCUT2D eigenvalue weighted by Crippen LogP contribution is -2.42. The van der Waals surface area contributed by atoms with E-state index in [1.165, 1.54) is 0 Å². The highest BCUT2D eigenvalue weighted by atomic mass is 16.2. The second-order valence-corrected chi connectivity index (χ2v) is 5.43. The van der Waals surface area contributed by atoms with Gasteiger partial charge in [-0.05, 0) is 38.1 Å². The molecule has 2 atom stereocenters. The molecule has 1 saturated carbocycles. The largest absolute Gasteiger partial charge is 0.354 e. The monoisotopic (exact) mass is 253 g/mol. The highest BCUT2D eigenvalue weighted by Gasteiger charge is 2.31. The van der Waals surface area contributed by atoms with Gasteiger partial charge in [-0.3, -0.25) is 9.59 Å². The first kappa shape index (κ1) is 13.3. The number of hydrogen-bond acceptors (Lipinski definition) is 3. The predicted molar refractivity (Wildman–Crippen MR) is 68.7 cm³/mol. The average molecular weight is 253 g/mol. The van der Waals surface area contributed by atoms with Crippen LogP contribution in [0.4, 0.5) is 0 Å². The summed E-state index contributed by atoms with van der Waals surface area (Å²) in [6.07, 6.45) is 4.92. The molecule has 0 aromatic heterocycles. The van der Waals surface area contributed by atoms with Gasteiger partial charge in [0.2, 0.25) is 11.8 Å². The lowest BCUT2D eigenvalue weighted by Gasteiger charge is -2.31. The van der Waals surface area contributed by atoms with Crippen LogP contribution in [0.3, 0.4) is 0 Å². The van der Waals surface area contributed by atoms with Crippen LogP contribution in [0.15, 0.2) is 0 Å². The van der Waals surface area contributed by atoms with Crippen LogP contribution in [0.1, 0.15) is 32.1 Å². The first-order valence-electron chi connectivity index (χ1n) is 6.96. The molecule has 1 aliphatic carbocycles. The van der Waals surface area contributed by atoms with Crippen LogP contribution in [-0.2, 0) is 9.59 Å². The van der Waals surface area contributed by atoms with E-state index in [1.54, 1.807) is 4.90 Å². The van der Waals surface area contributed by atoms with E-state index in [0.717, 1.165) is 32.1 Å². The van der Waals surface area contributed by atoms with Crippen LogP contribution in [0.2, 0.25) is 0 Å². The van der Waals surface area contributed by atoms with Crippen molar-refractivity contribution in [1.82, 2.24) is 10.2 Å². The van der Waals surface area contributed by atoms with Gasteiger partial charge < -0.3 is 16.0 Å². The number of nitrogens with two attached hydrogens (primary N) is 1. The minimum absolute atomic E-state index is 0.0352. The molecule has 1 aliphatic heterocycles. The summed E-state index contributed by atoms with van der Waals surface area (Å²) >= 11 is 0. The number of carbonyl (C=O) groups is 2. The summed E-state index contributed by atoms with van der Waals surface area (Å²) in [4.78, 5) is 25.6. The molecule has 1 heterocycles. The first-order valence-corrected chi connectivity index (χ1v) is 6.96. The molecule has 0 radical (unpaired) electrons. The minimum Gasteiger partial charge on any atom is -0.354 e. The Bertz CT molecular complexity index is 319. The Labute approximate surface area is 108 Å². The molecule has 0 aromatic rings. The Morgan fingerprint density at radius 2 is 2.22 bits per heavy atom. The van der Waals surface area contributed by atoms with Gasteiger partial charge in [0.1, 0.15) is 0 Å². The Balaban J connectivity index is 1.94. The lowest BCUT2D eigenvalue weighted by molar-refractivity contribution is -0.140. The van der Waals surface area contributed by atoms with Crippen molar-refractivity contribution in [2.45, 2.75) is 32.1 Å². The lowest BCUT2D eigenvalue weighted by atomic mass is 9.80. The third-order valence-corrected chi connectivity index (χ3v) is 4.04. The fourth-order valence-electron chi connectivity index (χ4n) is 2.98. The van der Waals surface area contributed by atoms with Crippen LogP contribution in [0.5, 0.6) is 0 Å². The molecule has 5 heteroatoms. The zero-order valence-electron chi connectivity index (χ0n) is 10.9. The van der Waals surface area contributed by atoms with Crippen LogP contribution in [-0.4, -0.2) is 42.9 Å². The van der Waals surface area contributed by atoms with E-state index in [9.17, 15) is 9.59 Å². The van der Waals surface area contributed by atoms with Gasteiger partial charge in [0.25, 0.3) is 0 Å². The Hall–Kier alpha value is -1.10. The van der Waals surface area contributed by atoms with Gasteiger partial charge in [0.15, 0.2) is 0 Å². The van der Waals surface area contributed by atoms with E-state index in [1.807, 2.05) is 0 Å². The molecule has 18 heavy (non-hydrogen) atoms. The van der Waals surface area contributed by atoms with Crippen molar-refractivity contribution in [3.05, 3.63) is 0 Å². The van der Waals surface area contributed by atoms with Crippen LogP contribution in [0, 0.1) is 11.8 Å². The summed E-state index contributed by atoms with van der Waals surface area (Å²) in [6, 6.07) is 0. The molecular weight excluding hydrogens is 230 g/mol. The second kappa shape index (κ2) is 6.18. The molecule has 2 rings (SSSR count). The summed E-state index contributed by atoms with van der Waals surface area (Å²) in [5, 5.41) is 2.80. The van der Waals surface area contributed by atoms with E-state index in [0.29, 0.717) is 25.6 Å². The number of rotatable bonds is 2. The van der Waals surface area contributed by atoms with E-state index in [-0.39, 0.29) is 24.3 Å². The summed E-state index contributed by atoms with van der Waals surface area (Å²) in [5.41, 5.74) is 5.70. The number of amides is 2. The number of nitrogens with one attached hydrogen (secondary N) is 1. The summed E-state index contributed by atoms with van der Waals surface area (Å²) in [5.74, 6) is 0.684. The zero-order chi connectivity index (χ0) is 13.0. The number of hydrogen-bond donors (Lipinski definition) is 2. The minimum atomic E-state index is -0.0352. The van der Waals surface area contributed by atoms with E-state index >= 15 is 0 Å². The molecule has 0 aromatic carbocycles. The molecule has 0 bridgehead atoms. The Morgan fingerprint density at radius 1 is 1.39 bits per heavy atom. The van der Waals surface area contributed by atoms with Gasteiger partial charge in [-0.1, -0.05) is 6.42 Å². The summed E-state index contributed by atoms with van der Waals surface area (Å²) < 4.78 is 0. The van der Waals surface area contributed by atoms with Crippen molar-refractivity contribution in [1.29, 1.82) is 0 Å². The maximum Gasteiger partial charge on any atom is 0.239 e. The highest BCUT2D eigenvalue weighted by Crippen LogP contribution is 2.29. The van der Waals surface area contributed by atoms with Gasteiger partial charge >= 0.3 is 0 Å². The maximum atomic E-state index is 12.4. The molecule has 5 nitrogen and oxygen atoms in total. The van der Waals surface area contributed by atoms with Gasteiger partial charge in [0, 0.05) is 19.0 Å². The van der Waals surface area contributed by atoms with Crippen molar-refractivity contribution in [3.63, 3.8) is 0 Å². The summed E-state index contributed by atoms with van der Waals surface area (Å²) in [7, 11) is 0. The molecule has 2 unspecified atom stereocenters. The first-order chi connectivity index (χ1) is 8.70. The fourth-order valence-corrected chi connectivity index (χ4v) is 2.98. The van der Waals surface area contributed by atoms with Crippen molar-refractivity contribution in [2.24, 2.45) is 17.6 Å². The second-order valence-electron chi connectivity index (χ2n) is 5.43. The van der Waals surface area contributed by atoms with Gasteiger partial charge in [0.05, 0.1) is 6.54 Å². The quantitative estimate of drug-likeness (QED) is 0.733. The van der Waals surface area contributed by atoms with Gasteiger partial charge in [-0.2, -0.15) is 0 Å². The number of nitrogens with zero attached hydrogens (tertiary/aromatic N) is 1. The van der Waals surface area contributed by atoms with Crippen LogP contribution in [0.25, 0.3) is 0 Å². The number of carbonyl (C=O) groups excluding carboxylic acids is 2. The molecule has 0 spiro atoms. The normalized spacial score (nSPS) is 29.6. The van der Waals surface area contributed by atoms with Gasteiger partial charge in [-0.15, -0.1) is 0 Å².